The van der Waals surface area contributed by atoms with Crippen molar-refractivity contribution in [1.82, 2.24) is 9.66 Å². The van der Waals surface area contributed by atoms with E-state index in [-0.39, 0.29) is 11.5 Å². The highest BCUT2D eigenvalue weighted by molar-refractivity contribution is 14.1. The Bertz CT molecular complexity index is 1810. The minimum Gasteiger partial charge on any atom is -0.496 e. The SMILES string of the molecule is COc1cc(C)c(-c2nc3ccccc3c(=O)n2N=Cc2ccc(OCc3ccc(C)cc3)c(I)c2)cc1C(C)C. The van der Waals surface area contributed by atoms with Crippen LogP contribution in [0.1, 0.15) is 47.6 Å². The normalized spacial score (nSPS) is 11.5. The Morgan fingerprint density at radius 1 is 0.976 bits per heavy atom. The summed E-state index contributed by atoms with van der Waals surface area (Å²) in [6.45, 7) is 8.79. The molecule has 41 heavy (non-hydrogen) atoms. The molecule has 7 heteroatoms. The van der Waals surface area contributed by atoms with Gasteiger partial charge in [0.25, 0.3) is 5.56 Å². The molecule has 0 spiro atoms. The van der Waals surface area contributed by atoms with E-state index in [4.69, 9.17) is 14.5 Å². The molecular weight excluding hydrogens is 625 g/mol. The van der Waals surface area contributed by atoms with Crippen LogP contribution in [0.3, 0.4) is 0 Å². The zero-order valence-corrected chi connectivity index (χ0v) is 26.0. The summed E-state index contributed by atoms with van der Waals surface area (Å²) in [6.07, 6.45) is 1.69. The minimum absolute atomic E-state index is 0.224. The molecule has 5 rings (SSSR count). The number of nitrogens with zero attached hydrogens (tertiary/aromatic N) is 3. The van der Waals surface area contributed by atoms with Gasteiger partial charge >= 0.3 is 0 Å². The molecule has 1 heterocycles. The standard InChI is InChI=1S/C34H32IN3O3/c1-21(2)27-18-28(23(4)16-32(27)40-5)33-37-30-9-7-6-8-26(30)34(39)38(33)36-19-25-14-15-31(29(35)17-25)41-20-24-12-10-22(3)11-13-24/h6-19,21H,20H2,1-5H3. The smallest absolute Gasteiger partial charge is 0.282 e. The number of benzene rings is 4. The van der Waals surface area contributed by atoms with Gasteiger partial charge in [0.1, 0.15) is 18.1 Å². The average molecular weight is 658 g/mol. The zero-order valence-electron chi connectivity index (χ0n) is 23.8. The molecule has 6 nitrogen and oxygen atoms in total. The number of halogens is 1. The van der Waals surface area contributed by atoms with Crippen molar-refractivity contribution in [2.45, 2.75) is 40.2 Å². The Labute approximate surface area is 253 Å². The van der Waals surface area contributed by atoms with Gasteiger partial charge in [-0.05, 0) is 107 Å². The largest absolute Gasteiger partial charge is 0.496 e. The predicted octanol–water partition coefficient (Wildman–Crippen LogP) is 7.88. The number of ether oxygens (including phenoxy) is 2. The van der Waals surface area contributed by atoms with E-state index in [0.29, 0.717) is 23.3 Å². The van der Waals surface area contributed by atoms with E-state index in [1.165, 1.54) is 10.2 Å². The summed E-state index contributed by atoms with van der Waals surface area (Å²) in [5.74, 6) is 2.32. The lowest BCUT2D eigenvalue weighted by Crippen LogP contribution is -2.20. The van der Waals surface area contributed by atoms with Gasteiger partial charge in [0, 0.05) is 5.56 Å². The highest BCUT2D eigenvalue weighted by Gasteiger charge is 2.18. The number of fused-ring (bicyclic) bond motifs is 1. The van der Waals surface area contributed by atoms with Gasteiger partial charge in [0.05, 0.1) is 27.8 Å². The van der Waals surface area contributed by atoms with Crippen LogP contribution in [0.4, 0.5) is 0 Å². The Morgan fingerprint density at radius 2 is 1.73 bits per heavy atom. The highest BCUT2D eigenvalue weighted by Crippen LogP contribution is 2.34. The van der Waals surface area contributed by atoms with Crippen LogP contribution >= 0.6 is 22.6 Å². The quantitative estimate of drug-likeness (QED) is 0.126. The van der Waals surface area contributed by atoms with E-state index >= 15 is 0 Å². The molecule has 0 fully saturated rings. The number of rotatable bonds is 8. The maximum absolute atomic E-state index is 13.7. The summed E-state index contributed by atoms with van der Waals surface area (Å²) in [6, 6.07) is 25.6. The molecule has 0 saturated heterocycles. The van der Waals surface area contributed by atoms with Crippen LogP contribution < -0.4 is 15.0 Å². The number of hydrogen-bond donors (Lipinski definition) is 0. The second-order valence-corrected chi connectivity index (χ2v) is 11.5. The van der Waals surface area contributed by atoms with Gasteiger partial charge in [-0.3, -0.25) is 4.79 Å². The van der Waals surface area contributed by atoms with Crippen molar-refractivity contribution in [2.75, 3.05) is 7.11 Å². The first kappa shape index (κ1) is 28.5. The lowest BCUT2D eigenvalue weighted by molar-refractivity contribution is 0.304. The van der Waals surface area contributed by atoms with Gasteiger partial charge in [-0.15, -0.1) is 0 Å². The monoisotopic (exact) mass is 657 g/mol. The number of methoxy groups -OCH3 is 1. The summed E-state index contributed by atoms with van der Waals surface area (Å²) in [5, 5.41) is 5.19. The zero-order chi connectivity index (χ0) is 29.1. The van der Waals surface area contributed by atoms with Crippen LogP contribution in [0.25, 0.3) is 22.3 Å². The summed E-state index contributed by atoms with van der Waals surface area (Å²) in [4.78, 5) is 18.6. The first-order chi connectivity index (χ1) is 19.7. The van der Waals surface area contributed by atoms with Gasteiger partial charge in [0.15, 0.2) is 5.82 Å². The van der Waals surface area contributed by atoms with Crippen molar-refractivity contribution in [1.29, 1.82) is 0 Å². The van der Waals surface area contributed by atoms with Crippen molar-refractivity contribution in [3.63, 3.8) is 0 Å². The minimum atomic E-state index is -0.226. The highest BCUT2D eigenvalue weighted by atomic mass is 127. The van der Waals surface area contributed by atoms with E-state index in [0.717, 1.165) is 42.9 Å². The third kappa shape index (κ3) is 6.20. The molecule has 0 aliphatic rings. The molecule has 0 unspecified atom stereocenters. The van der Waals surface area contributed by atoms with Crippen LogP contribution in [0.2, 0.25) is 0 Å². The Kier molecular flexibility index (Phi) is 8.54. The second kappa shape index (κ2) is 12.3. The van der Waals surface area contributed by atoms with Gasteiger partial charge in [-0.2, -0.15) is 9.78 Å². The first-order valence-corrected chi connectivity index (χ1v) is 14.6. The van der Waals surface area contributed by atoms with E-state index in [1.54, 1.807) is 19.4 Å². The number of aryl methyl sites for hydroxylation is 2. The Morgan fingerprint density at radius 3 is 2.44 bits per heavy atom. The van der Waals surface area contributed by atoms with E-state index in [1.807, 2.05) is 49.4 Å². The fourth-order valence-electron chi connectivity index (χ4n) is 4.66. The van der Waals surface area contributed by atoms with Crippen LogP contribution in [0.15, 0.2) is 88.8 Å². The van der Waals surface area contributed by atoms with E-state index < -0.39 is 0 Å². The molecule has 208 valence electrons. The topological polar surface area (TPSA) is 65.7 Å². The van der Waals surface area contributed by atoms with Crippen molar-refractivity contribution in [3.8, 4) is 22.9 Å². The number of para-hydroxylation sites is 1. The van der Waals surface area contributed by atoms with Gasteiger partial charge in [0.2, 0.25) is 0 Å². The summed E-state index contributed by atoms with van der Waals surface area (Å²) < 4.78 is 14.1. The molecule has 1 aromatic heterocycles. The third-order valence-corrected chi connectivity index (χ3v) is 7.83. The molecule has 0 radical (unpaired) electrons. The molecule has 0 N–H and O–H groups in total. The van der Waals surface area contributed by atoms with E-state index in [2.05, 4.69) is 78.8 Å². The molecule has 5 aromatic rings. The predicted molar refractivity (Wildman–Crippen MR) is 174 cm³/mol. The van der Waals surface area contributed by atoms with Gasteiger partial charge < -0.3 is 9.47 Å². The Hall–Kier alpha value is -3.98. The lowest BCUT2D eigenvalue weighted by Gasteiger charge is -2.17. The van der Waals surface area contributed by atoms with Gasteiger partial charge in [-0.25, -0.2) is 4.98 Å². The van der Waals surface area contributed by atoms with Crippen LogP contribution in [-0.2, 0) is 6.61 Å². The second-order valence-electron chi connectivity index (χ2n) is 10.3. The van der Waals surface area contributed by atoms with Crippen molar-refractivity contribution in [3.05, 3.63) is 121 Å². The lowest BCUT2D eigenvalue weighted by atomic mass is 9.96. The maximum atomic E-state index is 13.7. The molecule has 0 aliphatic heterocycles. The van der Waals surface area contributed by atoms with Gasteiger partial charge in [-0.1, -0.05) is 55.8 Å². The molecule has 0 aliphatic carbocycles. The fourth-order valence-corrected chi connectivity index (χ4v) is 5.35. The van der Waals surface area contributed by atoms with Crippen molar-refractivity contribution >= 4 is 39.7 Å². The average Bonchev–Trinajstić information content (AvgIpc) is 2.96. The van der Waals surface area contributed by atoms with Crippen molar-refractivity contribution < 1.29 is 9.47 Å². The first-order valence-electron chi connectivity index (χ1n) is 13.5. The molecule has 0 saturated carbocycles. The summed E-state index contributed by atoms with van der Waals surface area (Å²) in [7, 11) is 1.68. The van der Waals surface area contributed by atoms with E-state index in [9.17, 15) is 4.79 Å². The molecular formula is C34H32IN3O3. The Balaban J connectivity index is 1.53. The van der Waals surface area contributed by atoms with Crippen LogP contribution in [0.5, 0.6) is 11.5 Å². The number of hydrogen-bond acceptors (Lipinski definition) is 5. The van der Waals surface area contributed by atoms with Crippen LogP contribution in [0, 0.1) is 17.4 Å². The van der Waals surface area contributed by atoms with Crippen LogP contribution in [-0.4, -0.2) is 23.0 Å². The number of aromatic nitrogens is 2. The summed E-state index contributed by atoms with van der Waals surface area (Å²) >= 11 is 2.26. The molecule has 0 amide bonds. The molecule has 0 atom stereocenters. The maximum Gasteiger partial charge on any atom is 0.282 e. The van der Waals surface area contributed by atoms with Crippen molar-refractivity contribution in [2.24, 2.45) is 5.10 Å². The molecule has 4 aromatic carbocycles. The fraction of sp³-hybridized carbons (Fsp3) is 0.206. The molecule has 0 bridgehead atoms. The third-order valence-electron chi connectivity index (χ3n) is 6.99. The summed E-state index contributed by atoms with van der Waals surface area (Å²) in [5.41, 5.74) is 6.41.